The van der Waals surface area contributed by atoms with Gasteiger partial charge in [0.25, 0.3) is 0 Å². The number of ketones is 1. The number of rotatable bonds is 1. The van der Waals surface area contributed by atoms with Gasteiger partial charge >= 0.3 is 0 Å². The second-order valence-corrected chi connectivity index (χ2v) is 10.1. The lowest BCUT2D eigenvalue weighted by Gasteiger charge is -2.69. The second kappa shape index (κ2) is 6.03. The van der Waals surface area contributed by atoms with Gasteiger partial charge in [0.05, 0.1) is 25.4 Å². The number of hydrogen-bond acceptors (Lipinski definition) is 6. The molecular formula is C22H32O6. The van der Waals surface area contributed by atoms with Gasteiger partial charge in [0, 0.05) is 23.2 Å². The number of carbonyl (C=O) groups is 1. The summed E-state index contributed by atoms with van der Waals surface area (Å²) >= 11 is 0. The van der Waals surface area contributed by atoms with Gasteiger partial charge in [-0.15, -0.1) is 0 Å². The Morgan fingerprint density at radius 2 is 1.86 bits per heavy atom. The zero-order valence-electron chi connectivity index (χ0n) is 17.4. The van der Waals surface area contributed by atoms with Crippen LogP contribution in [0.25, 0.3) is 0 Å². The molecular weight excluding hydrogens is 360 g/mol. The van der Waals surface area contributed by atoms with Crippen molar-refractivity contribution in [2.45, 2.75) is 65.1 Å². The lowest BCUT2D eigenvalue weighted by molar-refractivity contribution is -0.314. The molecule has 4 fully saturated rings. The van der Waals surface area contributed by atoms with Crippen LogP contribution in [0.4, 0.5) is 0 Å². The number of methoxy groups -OCH3 is 1. The van der Waals surface area contributed by atoms with Crippen LogP contribution in [0.15, 0.2) is 11.8 Å². The minimum atomic E-state index is -0.755. The first kappa shape index (κ1) is 19.0. The van der Waals surface area contributed by atoms with E-state index in [1.54, 1.807) is 7.11 Å². The van der Waals surface area contributed by atoms with Crippen molar-refractivity contribution in [1.82, 2.24) is 0 Å². The van der Waals surface area contributed by atoms with Crippen LogP contribution in [-0.4, -0.2) is 49.4 Å². The number of hydrogen-bond donors (Lipinski definition) is 1. The van der Waals surface area contributed by atoms with Gasteiger partial charge in [-0.1, -0.05) is 27.7 Å². The number of fused-ring (bicyclic) bond motifs is 4. The summed E-state index contributed by atoms with van der Waals surface area (Å²) in [4.78, 5) is 13.7. The van der Waals surface area contributed by atoms with Crippen LogP contribution in [0.5, 0.6) is 0 Å². The number of aliphatic hydroxyl groups excluding tert-OH is 1. The van der Waals surface area contributed by atoms with Gasteiger partial charge in [0.2, 0.25) is 5.78 Å². The molecule has 2 aliphatic heterocycles. The molecule has 28 heavy (non-hydrogen) atoms. The average Bonchev–Trinajstić information content (AvgIpc) is 3.12. The minimum absolute atomic E-state index is 0.0428. The van der Waals surface area contributed by atoms with E-state index in [4.69, 9.17) is 18.9 Å². The zero-order chi connectivity index (χ0) is 20.0. The molecule has 6 heteroatoms. The Labute approximate surface area is 166 Å². The maximum absolute atomic E-state index is 13.7. The second-order valence-electron chi connectivity index (χ2n) is 10.1. The zero-order valence-corrected chi connectivity index (χ0v) is 17.4. The normalized spacial score (nSPS) is 57.7. The van der Waals surface area contributed by atoms with Crippen molar-refractivity contribution in [3.63, 3.8) is 0 Å². The Kier molecular flexibility index (Phi) is 4.10. The van der Waals surface area contributed by atoms with Crippen LogP contribution in [0.1, 0.15) is 40.5 Å². The Hall–Kier alpha value is -0.950. The largest absolute Gasteiger partial charge is 0.493 e. The Morgan fingerprint density at radius 3 is 2.57 bits per heavy atom. The molecule has 11 atom stereocenters. The molecule has 0 aromatic rings. The number of Topliss-reactive ketones (excluding diaryl/α,β-unsaturated/α-hetero) is 1. The first-order valence-electron chi connectivity index (χ1n) is 10.6. The molecule has 6 nitrogen and oxygen atoms in total. The first-order valence-corrected chi connectivity index (χ1v) is 10.6. The van der Waals surface area contributed by atoms with Gasteiger partial charge in [0.15, 0.2) is 12.0 Å². The number of aliphatic hydroxyl groups is 1. The van der Waals surface area contributed by atoms with E-state index in [1.165, 1.54) is 0 Å². The molecule has 2 saturated heterocycles. The van der Waals surface area contributed by atoms with Crippen LogP contribution in [0, 0.1) is 40.4 Å². The highest BCUT2D eigenvalue weighted by Crippen LogP contribution is 2.69. The van der Waals surface area contributed by atoms with E-state index < -0.39 is 11.7 Å². The third kappa shape index (κ3) is 2.10. The van der Waals surface area contributed by atoms with E-state index in [1.807, 2.05) is 6.08 Å². The molecule has 0 aromatic heterocycles. The molecule has 2 heterocycles. The molecule has 0 radical (unpaired) electrons. The summed E-state index contributed by atoms with van der Waals surface area (Å²) in [5.41, 5.74) is -0.865. The predicted octanol–water partition coefficient (Wildman–Crippen LogP) is 2.50. The maximum atomic E-state index is 13.7. The van der Waals surface area contributed by atoms with Crippen molar-refractivity contribution in [2.24, 2.45) is 40.4 Å². The van der Waals surface area contributed by atoms with Gasteiger partial charge in [-0.05, 0) is 36.2 Å². The lowest BCUT2D eigenvalue weighted by Crippen LogP contribution is -2.73. The van der Waals surface area contributed by atoms with Gasteiger partial charge in [-0.2, -0.15) is 0 Å². The van der Waals surface area contributed by atoms with Crippen LogP contribution >= 0.6 is 0 Å². The van der Waals surface area contributed by atoms with E-state index >= 15 is 0 Å². The van der Waals surface area contributed by atoms with Crippen LogP contribution < -0.4 is 0 Å². The monoisotopic (exact) mass is 392 g/mol. The van der Waals surface area contributed by atoms with E-state index in [0.29, 0.717) is 12.2 Å². The Balaban J connectivity index is 1.71. The number of ether oxygens (including phenoxy) is 4. The van der Waals surface area contributed by atoms with Crippen molar-refractivity contribution >= 4 is 5.78 Å². The summed E-state index contributed by atoms with van der Waals surface area (Å²) in [6.07, 6.45) is 2.27. The van der Waals surface area contributed by atoms with Crippen molar-refractivity contribution in [1.29, 1.82) is 0 Å². The molecule has 0 amide bonds. The smallest absolute Gasteiger partial charge is 0.203 e. The maximum Gasteiger partial charge on any atom is 0.203 e. The molecule has 156 valence electrons. The quantitative estimate of drug-likeness (QED) is 0.739. The number of allylic oxidation sites excluding steroid dienone is 2. The summed E-state index contributed by atoms with van der Waals surface area (Å²) in [5, 5.41) is 10.5. The Bertz CT molecular complexity index is 720. The fourth-order valence-corrected chi connectivity index (χ4v) is 7.95. The van der Waals surface area contributed by atoms with E-state index in [9.17, 15) is 9.90 Å². The van der Waals surface area contributed by atoms with E-state index in [-0.39, 0.29) is 65.9 Å². The molecule has 2 saturated carbocycles. The highest BCUT2D eigenvalue weighted by molar-refractivity contribution is 5.99. The molecule has 1 N–H and O–H groups in total. The SMILES string of the molecule is COC1=C[C@@H](C)[C@@H]2C[C@H]3O[C@H](O)C[C@H]4[C@@H](C)[C@@H]5OCO[C@H]5[C@H]([C@@]2(C)C1=O)[C@@]34C. The topological polar surface area (TPSA) is 74.2 Å². The van der Waals surface area contributed by atoms with Gasteiger partial charge in [-0.3, -0.25) is 4.79 Å². The van der Waals surface area contributed by atoms with Gasteiger partial charge in [0.1, 0.15) is 6.79 Å². The van der Waals surface area contributed by atoms with E-state index in [0.717, 1.165) is 6.42 Å². The fourth-order valence-electron chi connectivity index (χ4n) is 7.95. The van der Waals surface area contributed by atoms with Crippen molar-refractivity contribution in [3.05, 3.63) is 11.8 Å². The first-order chi connectivity index (χ1) is 13.2. The molecule has 5 rings (SSSR count). The third-order valence-electron chi connectivity index (χ3n) is 9.13. The summed E-state index contributed by atoms with van der Waals surface area (Å²) in [7, 11) is 1.58. The Morgan fingerprint density at radius 1 is 1.14 bits per heavy atom. The molecule has 0 unspecified atom stereocenters. The minimum Gasteiger partial charge on any atom is -0.493 e. The van der Waals surface area contributed by atoms with Crippen LogP contribution in [-0.2, 0) is 23.7 Å². The molecule has 5 aliphatic rings. The molecule has 3 aliphatic carbocycles. The molecule has 0 aromatic carbocycles. The third-order valence-corrected chi connectivity index (χ3v) is 9.13. The van der Waals surface area contributed by atoms with Crippen molar-refractivity contribution in [2.75, 3.05) is 13.9 Å². The molecule has 0 bridgehead atoms. The standard InChI is InChI=1S/C22H32O6/c1-10-6-14(25-5)20(24)22(4)12(10)7-15-21(3)13(8-16(23)28-15)11(2)17-18(19(21)22)27-9-26-17/h6,10-13,15-19,23H,7-9H2,1-5H3/t10-,11-,12+,13+,15-,16+,17+,18-,19+,21-,22+/m1/s1. The van der Waals surface area contributed by atoms with Crippen molar-refractivity contribution in [3.8, 4) is 0 Å². The fraction of sp³-hybridized carbons (Fsp3) is 0.864. The van der Waals surface area contributed by atoms with Crippen LogP contribution in [0.2, 0.25) is 0 Å². The lowest BCUT2D eigenvalue weighted by atomic mass is 9.38. The van der Waals surface area contributed by atoms with E-state index in [2.05, 4.69) is 27.7 Å². The molecule has 0 spiro atoms. The highest BCUT2D eigenvalue weighted by atomic mass is 16.7. The summed E-state index contributed by atoms with van der Waals surface area (Å²) < 4.78 is 23.9. The highest BCUT2D eigenvalue weighted by Gasteiger charge is 2.73. The number of carbonyl (C=O) groups excluding carboxylic acids is 1. The van der Waals surface area contributed by atoms with Crippen molar-refractivity contribution < 1.29 is 28.8 Å². The summed E-state index contributed by atoms with van der Waals surface area (Å²) in [6.45, 7) is 9.00. The average molecular weight is 392 g/mol. The van der Waals surface area contributed by atoms with Gasteiger partial charge < -0.3 is 24.1 Å². The summed E-state index contributed by atoms with van der Waals surface area (Å²) in [5.74, 6) is 1.26. The van der Waals surface area contributed by atoms with Gasteiger partial charge in [-0.25, -0.2) is 0 Å². The van der Waals surface area contributed by atoms with Crippen LogP contribution in [0.3, 0.4) is 0 Å². The summed E-state index contributed by atoms with van der Waals surface area (Å²) in [6, 6.07) is 0. The predicted molar refractivity (Wildman–Crippen MR) is 99.8 cm³/mol.